The van der Waals surface area contributed by atoms with Crippen molar-refractivity contribution in [1.29, 1.82) is 0 Å². The Balaban J connectivity index is 1.83. The summed E-state index contributed by atoms with van der Waals surface area (Å²) in [6, 6.07) is 5.99. The molecule has 0 saturated carbocycles. The number of anilines is 2. The van der Waals surface area contributed by atoms with E-state index in [1.54, 1.807) is 0 Å². The molecular formula is C18H30N4O2. The molecule has 1 saturated heterocycles. The van der Waals surface area contributed by atoms with Crippen LogP contribution in [-0.2, 0) is 11.3 Å². The number of rotatable bonds is 4. The number of hydrogen-bond donors (Lipinski definition) is 3. The van der Waals surface area contributed by atoms with E-state index >= 15 is 0 Å². The quantitative estimate of drug-likeness (QED) is 0.738. The van der Waals surface area contributed by atoms with Crippen LogP contribution in [0.5, 0.6) is 0 Å². The SMILES string of the molecule is CNc1c(N)cccc1CN1CCC(OC(=O)NC(C)(C)C)CC1. The van der Waals surface area contributed by atoms with Gasteiger partial charge in [-0.2, -0.15) is 0 Å². The molecular weight excluding hydrogens is 304 g/mol. The van der Waals surface area contributed by atoms with E-state index < -0.39 is 0 Å². The fraction of sp³-hybridized carbons (Fsp3) is 0.611. The number of piperidine rings is 1. The normalized spacial score (nSPS) is 16.7. The molecule has 1 amide bonds. The van der Waals surface area contributed by atoms with Gasteiger partial charge < -0.3 is 21.1 Å². The first kappa shape index (κ1) is 18.4. The third-order valence-electron chi connectivity index (χ3n) is 4.11. The van der Waals surface area contributed by atoms with Gasteiger partial charge in [-0.1, -0.05) is 12.1 Å². The molecule has 134 valence electrons. The van der Waals surface area contributed by atoms with E-state index in [1.165, 1.54) is 5.56 Å². The zero-order valence-corrected chi connectivity index (χ0v) is 15.2. The number of carbonyl (C=O) groups is 1. The van der Waals surface area contributed by atoms with Crippen LogP contribution >= 0.6 is 0 Å². The van der Waals surface area contributed by atoms with Gasteiger partial charge in [-0.05, 0) is 45.2 Å². The first-order valence-electron chi connectivity index (χ1n) is 8.55. The van der Waals surface area contributed by atoms with Crippen molar-refractivity contribution >= 4 is 17.5 Å². The summed E-state index contributed by atoms with van der Waals surface area (Å²) in [4.78, 5) is 14.2. The standard InChI is InChI=1S/C18H30N4O2/c1-18(2,3)21-17(23)24-14-8-10-22(11-9-14)12-13-6-5-7-15(19)16(13)20-4/h5-7,14,20H,8-12,19H2,1-4H3,(H,21,23). The highest BCUT2D eigenvalue weighted by molar-refractivity contribution is 5.70. The van der Waals surface area contributed by atoms with Gasteiger partial charge in [-0.3, -0.25) is 4.90 Å². The lowest BCUT2D eigenvalue weighted by atomic mass is 10.1. The molecule has 1 heterocycles. The van der Waals surface area contributed by atoms with Crippen LogP contribution < -0.4 is 16.4 Å². The number of nitrogen functional groups attached to an aromatic ring is 1. The Morgan fingerprint density at radius 3 is 2.58 bits per heavy atom. The zero-order valence-electron chi connectivity index (χ0n) is 15.2. The van der Waals surface area contributed by atoms with Gasteiger partial charge in [0.1, 0.15) is 6.10 Å². The largest absolute Gasteiger partial charge is 0.446 e. The van der Waals surface area contributed by atoms with E-state index in [-0.39, 0.29) is 17.7 Å². The average molecular weight is 334 g/mol. The summed E-state index contributed by atoms with van der Waals surface area (Å²) >= 11 is 0. The number of nitrogens with two attached hydrogens (primary N) is 1. The molecule has 0 unspecified atom stereocenters. The molecule has 0 aliphatic carbocycles. The van der Waals surface area contributed by atoms with Crippen LogP contribution in [0.15, 0.2) is 18.2 Å². The van der Waals surface area contributed by atoms with Crippen molar-refractivity contribution in [2.24, 2.45) is 0 Å². The van der Waals surface area contributed by atoms with Crippen LogP contribution in [0.25, 0.3) is 0 Å². The maximum absolute atomic E-state index is 11.9. The van der Waals surface area contributed by atoms with Gasteiger partial charge in [0.25, 0.3) is 0 Å². The van der Waals surface area contributed by atoms with Crippen LogP contribution in [-0.4, -0.2) is 42.8 Å². The molecule has 0 aromatic heterocycles. The van der Waals surface area contributed by atoms with Crippen LogP contribution in [0.2, 0.25) is 0 Å². The maximum atomic E-state index is 11.9. The summed E-state index contributed by atoms with van der Waals surface area (Å²) in [5.74, 6) is 0. The lowest BCUT2D eigenvalue weighted by molar-refractivity contribution is 0.0453. The fourth-order valence-corrected chi connectivity index (χ4v) is 2.97. The number of likely N-dealkylation sites (tertiary alicyclic amines) is 1. The fourth-order valence-electron chi connectivity index (χ4n) is 2.97. The van der Waals surface area contributed by atoms with E-state index in [4.69, 9.17) is 10.5 Å². The number of benzene rings is 1. The molecule has 0 bridgehead atoms. The van der Waals surface area contributed by atoms with Crippen LogP contribution in [0.1, 0.15) is 39.2 Å². The summed E-state index contributed by atoms with van der Waals surface area (Å²) in [7, 11) is 1.89. The van der Waals surface area contributed by atoms with Gasteiger partial charge in [0.05, 0.1) is 11.4 Å². The number of para-hydroxylation sites is 1. The van der Waals surface area contributed by atoms with E-state index in [1.807, 2.05) is 40.0 Å². The van der Waals surface area contributed by atoms with Crippen LogP contribution in [0.4, 0.5) is 16.2 Å². The predicted molar refractivity (Wildman–Crippen MR) is 98.1 cm³/mol. The summed E-state index contributed by atoms with van der Waals surface area (Å²) in [5, 5.41) is 6.02. The lowest BCUT2D eigenvalue weighted by Gasteiger charge is -2.32. The molecule has 6 heteroatoms. The van der Waals surface area contributed by atoms with Crippen LogP contribution in [0, 0.1) is 0 Å². The first-order valence-corrected chi connectivity index (χ1v) is 8.55. The molecule has 1 aromatic rings. The number of alkyl carbamates (subject to hydrolysis) is 1. The molecule has 0 atom stereocenters. The van der Waals surface area contributed by atoms with Crippen molar-refractivity contribution < 1.29 is 9.53 Å². The van der Waals surface area contributed by atoms with E-state index in [0.717, 1.165) is 43.9 Å². The number of amides is 1. The third kappa shape index (κ3) is 5.30. The Hall–Kier alpha value is -1.95. The van der Waals surface area contributed by atoms with Crippen molar-refractivity contribution in [3.63, 3.8) is 0 Å². The monoisotopic (exact) mass is 334 g/mol. The summed E-state index contributed by atoms with van der Waals surface area (Å²) < 4.78 is 5.52. The minimum atomic E-state index is -0.325. The van der Waals surface area contributed by atoms with Gasteiger partial charge in [-0.25, -0.2) is 4.79 Å². The minimum Gasteiger partial charge on any atom is -0.446 e. The van der Waals surface area contributed by atoms with E-state index in [0.29, 0.717) is 0 Å². The second-order valence-electron chi connectivity index (χ2n) is 7.39. The molecule has 0 spiro atoms. The molecule has 6 nitrogen and oxygen atoms in total. The number of nitrogens with one attached hydrogen (secondary N) is 2. The van der Waals surface area contributed by atoms with Crippen molar-refractivity contribution in [2.45, 2.75) is 51.8 Å². The van der Waals surface area contributed by atoms with Crippen molar-refractivity contribution in [3.8, 4) is 0 Å². The highest BCUT2D eigenvalue weighted by Gasteiger charge is 2.24. The Bertz CT molecular complexity index is 561. The van der Waals surface area contributed by atoms with Crippen molar-refractivity contribution in [1.82, 2.24) is 10.2 Å². The lowest BCUT2D eigenvalue weighted by Crippen LogP contribution is -2.44. The molecule has 1 aliphatic heterocycles. The van der Waals surface area contributed by atoms with E-state index in [2.05, 4.69) is 21.6 Å². The average Bonchev–Trinajstić information content (AvgIpc) is 2.47. The molecule has 24 heavy (non-hydrogen) atoms. The Morgan fingerprint density at radius 1 is 1.33 bits per heavy atom. The highest BCUT2D eigenvalue weighted by Crippen LogP contribution is 2.25. The first-order chi connectivity index (χ1) is 11.3. The predicted octanol–water partition coefficient (Wildman–Crippen LogP) is 2.80. The van der Waals surface area contributed by atoms with Gasteiger partial charge >= 0.3 is 6.09 Å². The van der Waals surface area contributed by atoms with E-state index in [9.17, 15) is 4.79 Å². The second kappa shape index (κ2) is 7.75. The number of nitrogens with zero attached hydrogens (tertiary/aromatic N) is 1. The van der Waals surface area contributed by atoms with Crippen molar-refractivity contribution in [2.75, 3.05) is 31.2 Å². The topological polar surface area (TPSA) is 79.6 Å². The smallest absolute Gasteiger partial charge is 0.407 e. The van der Waals surface area contributed by atoms with Gasteiger partial charge in [0, 0.05) is 32.2 Å². The minimum absolute atomic E-state index is 0.00628. The maximum Gasteiger partial charge on any atom is 0.407 e. The summed E-state index contributed by atoms with van der Waals surface area (Å²) in [6.07, 6.45) is 1.38. The third-order valence-corrected chi connectivity index (χ3v) is 4.11. The number of ether oxygens (including phenoxy) is 1. The number of carbonyl (C=O) groups excluding carboxylic acids is 1. The van der Waals surface area contributed by atoms with Crippen molar-refractivity contribution in [3.05, 3.63) is 23.8 Å². The molecule has 1 fully saturated rings. The molecule has 4 N–H and O–H groups in total. The Kier molecular flexibility index (Phi) is 5.94. The molecule has 1 aliphatic rings. The van der Waals surface area contributed by atoms with Gasteiger partial charge in [0.2, 0.25) is 0 Å². The van der Waals surface area contributed by atoms with Gasteiger partial charge in [0.15, 0.2) is 0 Å². The molecule has 0 radical (unpaired) electrons. The molecule has 2 rings (SSSR count). The highest BCUT2D eigenvalue weighted by atomic mass is 16.6. The Morgan fingerprint density at radius 2 is 2.00 bits per heavy atom. The summed E-state index contributed by atoms with van der Waals surface area (Å²) in [5.41, 5.74) is 8.72. The second-order valence-corrected chi connectivity index (χ2v) is 7.39. The van der Waals surface area contributed by atoms with Crippen LogP contribution in [0.3, 0.4) is 0 Å². The summed E-state index contributed by atoms with van der Waals surface area (Å²) in [6.45, 7) is 8.50. The zero-order chi connectivity index (χ0) is 17.7. The Labute approximate surface area is 144 Å². The van der Waals surface area contributed by atoms with Gasteiger partial charge in [-0.15, -0.1) is 0 Å². The number of hydrogen-bond acceptors (Lipinski definition) is 5. The molecule has 1 aromatic carbocycles.